The van der Waals surface area contributed by atoms with Gasteiger partial charge in [-0.25, -0.2) is 0 Å². The number of hydrogen-bond donors (Lipinski definition) is 2. The standard InChI is InChI=1S/C17H14N2O3S/c18-16(20)10-23-15-8-4-2-6-12(15)19-17(21)14-9-11-5-1-3-7-13(11)22-14/h1-9H,10H2,(H2,18,20)(H,19,21). The molecule has 3 N–H and O–H groups in total. The highest BCUT2D eigenvalue weighted by Crippen LogP contribution is 2.27. The molecule has 2 amide bonds. The lowest BCUT2D eigenvalue weighted by Gasteiger charge is -2.08. The molecule has 116 valence electrons. The monoisotopic (exact) mass is 326 g/mol. The first-order valence-corrected chi connectivity index (χ1v) is 7.92. The maximum absolute atomic E-state index is 12.4. The molecule has 1 aromatic heterocycles. The third-order valence-corrected chi connectivity index (χ3v) is 4.25. The fourth-order valence-corrected chi connectivity index (χ4v) is 2.87. The van der Waals surface area contributed by atoms with Crippen molar-refractivity contribution in [2.75, 3.05) is 11.1 Å². The van der Waals surface area contributed by atoms with Crippen LogP contribution in [0.2, 0.25) is 0 Å². The van der Waals surface area contributed by atoms with Crippen LogP contribution in [0.4, 0.5) is 5.69 Å². The predicted octanol–water partition coefficient (Wildman–Crippen LogP) is 3.26. The average molecular weight is 326 g/mol. The van der Waals surface area contributed by atoms with E-state index in [0.717, 1.165) is 10.3 Å². The van der Waals surface area contributed by atoms with Crippen LogP contribution in [0.3, 0.4) is 0 Å². The van der Waals surface area contributed by atoms with Gasteiger partial charge in [0.15, 0.2) is 5.76 Å². The number of fused-ring (bicyclic) bond motifs is 1. The zero-order valence-corrected chi connectivity index (χ0v) is 12.9. The van der Waals surface area contributed by atoms with Gasteiger partial charge in [0.25, 0.3) is 5.91 Å². The fraction of sp³-hybridized carbons (Fsp3) is 0.0588. The Morgan fingerprint density at radius 2 is 1.83 bits per heavy atom. The van der Waals surface area contributed by atoms with Crippen LogP contribution in [0.5, 0.6) is 0 Å². The number of nitrogens with one attached hydrogen (secondary N) is 1. The second-order valence-corrected chi connectivity index (χ2v) is 5.87. The first-order valence-electron chi connectivity index (χ1n) is 6.93. The molecule has 0 aliphatic rings. The number of benzene rings is 2. The van der Waals surface area contributed by atoms with E-state index >= 15 is 0 Å². The van der Waals surface area contributed by atoms with Gasteiger partial charge in [-0.15, -0.1) is 11.8 Å². The number of hydrogen-bond acceptors (Lipinski definition) is 4. The van der Waals surface area contributed by atoms with E-state index in [1.807, 2.05) is 42.5 Å². The minimum Gasteiger partial charge on any atom is -0.451 e. The predicted molar refractivity (Wildman–Crippen MR) is 90.5 cm³/mol. The van der Waals surface area contributed by atoms with Gasteiger partial charge in [0.1, 0.15) is 5.58 Å². The van der Waals surface area contributed by atoms with Gasteiger partial charge in [0, 0.05) is 10.3 Å². The third kappa shape index (κ3) is 3.54. The molecule has 0 aliphatic heterocycles. The van der Waals surface area contributed by atoms with Gasteiger partial charge < -0.3 is 15.5 Å². The third-order valence-electron chi connectivity index (χ3n) is 3.15. The van der Waals surface area contributed by atoms with Gasteiger partial charge in [0.05, 0.1) is 11.4 Å². The highest BCUT2D eigenvalue weighted by Gasteiger charge is 2.14. The van der Waals surface area contributed by atoms with Crippen molar-refractivity contribution in [3.05, 3.63) is 60.4 Å². The van der Waals surface area contributed by atoms with E-state index in [2.05, 4.69) is 5.32 Å². The molecule has 1 heterocycles. The normalized spacial score (nSPS) is 10.6. The second kappa shape index (κ2) is 6.58. The van der Waals surface area contributed by atoms with Gasteiger partial charge >= 0.3 is 0 Å². The SMILES string of the molecule is NC(=O)CSc1ccccc1NC(=O)c1cc2ccccc2o1. The van der Waals surface area contributed by atoms with E-state index in [1.54, 1.807) is 12.1 Å². The van der Waals surface area contributed by atoms with Gasteiger partial charge in [0.2, 0.25) is 5.91 Å². The van der Waals surface area contributed by atoms with Gasteiger partial charge in [-0.05, 0) is 24.3 Å². The Hall–Kier alpha value is -2.73. The van der Waals surface area contributed by atoms with Crippen molar-refractivity contribution in [3.8, 4) is 0 Å². The molecule has 0 bridgehead atoms. The van der Waals surface area contributed by atoms with Crippen LogP contribution >= 0.6 is 11.8 Å². The molecule has 0 saturated heterocycles. The van der Waals surface area contributed by atoms with E-state index in [9.17, 15) is 9.59 Å². The molecule has 3 rings (SSSR count). The van der Waals surface area contributed by atoms with Gasteiger partial charge in [-0.3, -0.25) is 9.59 Å². The molecule has 0 aliphatic carbocycles. The Morgan fingerprint density at radius 1 is 1.09 bits per heavy atom. The summed E-state index contributed by atoms with van der Waals surface area (Å²) in [7, 11) is 0. The molecule has 6 heteroatoms. The number of para-hydroxylation sites is 2. The largest absolute Gasteiger partial charge is 0.451 e. The number of anilines is 1. The molecule has 0 fully saturated rings. The van der Waals surface area contributed by atoms with Crippen molar-refractivity contribution in [1.82, 2.24) is 0 Å². The molecule has 0 spiro atoms. The van der Waals surface area contributed by atoms with Crippen molar-refractivity contribution in [3.63, 3.8) is 0 Å². The Morgan fingerprint density at radius 3 is 2.61 bits per heavy atom. The summed E-state index contributed by atoms with van der Waals surface area (Å²) in [6, 6.07) is 16.4. The van der Waals surface area contributed by atoms with Crippen LogP contribution in [-0.4, -0.2) is 17.6 Å². The quantitative estimate of drug-likeness (QED) is 0.705. The smallest absolute Gasteiger partial charge is 0.291 e. The lowest BCUT2D eigenvalue weighted by molar-refractivity contribution is -0.115. The lowest BCUT2D eigenvalue weighted by Crippen LogP contribution is -2.14. The first-order chi connectivity index (χ1) is 11.1. The minimum absolute atomic E-state index is 0.150. The summed E-state index contributed by atoms with van der Waals surface area (Å²) in [6.07, 6.45) is 0. The average Bonchev–Trinajstić information content (AvgIpc) is 2.98. The van der Waals surface area contributed by atoms with Crippen LogP contribution in [0.15, 0.2) is 63.9 Å². The fourth-order valence-electron chi connectivity index (χ4n) is 2.12. The van der Waals surface area contributed by atoms with Crippen molar-refractivity contribution in [1.29, 1.82) is 0 Å². The topological polar surface area (TPSA) is 85.3 Å². The van der Waals surface area contributed by atoms with E-state index in [-0.39, 0.29) is 17.4 Å². The van der Waals surface area contributed by atoms with Crippen molar-refractivity contribution >= 4 is 40.2 Å². The van der Waals surface area contributed by atoms with Crippen molar-refractivity contribution in [2.24, 2.45) is 5.73 Å². The maximum Gasteiger partial charge on any atom is 0.291 e. The summed E-state index contributed by atoms with van der Waals surface area (Å²) < 4.78 is 5.55. The Bertz CT molecular complexity index is 840. The van der Waals surface area contributed by atoms with E-state index in [1.165, 1.54) is 11.8 Å². The molecular weight excluding hydrogens is 312 g/mol. The van der Waals surface area contributed by atoms with Crippen LogP contribution < -0.4 is 11.1 Å². The van der Waals surface area contributed by atoms with E-state index < -0.39 is 5.91 Å². The summed E-state index contributed by atoms with van der Waals surface area (Å²) in [5.74, 6) is -0.361. The minimum atomic E-state index is -0.409. The zero-order valence-electron chi connectivity index (χ0n) is 12.1. The van der Waals surface area contributed by atoms with E-state index in [0.29, 0.717) is 11.3 Å². The molecule has 0 unspecified atom stereocenters. The van der Waals surface area contributed by atoms with Crippen LogP contribution in [-0.2, 0) is 4.79 Å². The molecule has 0 saturated carbocycles. The Labute approximate surface area is 136 Å². The number of rotatable bonds is 5. The Kier molecular flexibility index (Phi) is 4.34. The summed E-state index contributed by atoms with van der Waals surface area (Å²) in [5.41, 5.74) is 6.44. The molecule has 2 aromatic carbocycles. The first kappa shape index (κ1) is 15.2. The summed E-state index contributed by atoms with van der Waals surface area (Å²) in [4.78, 5) is 24.1. The van der Waals surface area contributed by atoms with Crippen molar-refractivity contribution in [2.45, 2.75) is 4.90 Å². The Balaban J connectivity index is 1.81. The van der Waals surface area contributed by atoms with Gasteiger partial charge in [-0.2, -0.15) is 0 Å². The number of carbonyl (C=O) groups is 2. The molecule has 3 aromatic rings. The highest BCUT2D eigenvalue weighted by molar-refractivity contribution is 8.00. The van der Waals surface area contributed by atoms with Crippen molar-refractivity contribution < 1.29 is 14.0 Å². The maximum atomic E-state index is 12.4. The van der Waals surface area contributed by atoms with E-state index in [4.69, 9.17) is 10.2 Å². The number of furan rings is 1. The summed E-state index contributed by atoms with van der Waals surface area (Å²) >= 11 is 1.28. The highest BCUT2D eigenvalue weighted by atomic mass is 32.2. The van der Waals surface area contributed by atoms with Gasteiger partial charge in [-0.1, -0.05) is 30.3 Å². The summed E-state index contributed by atoms with van der Waals surface area (Å²) in [5, 5.41) is 3.68. The molecular formula is C17H14N2O3S. The number of primary amides is 1. The molecule has 0 atom stereocenters. The van der Waals surface area contributed by atoms with Crippen LogP contribution in [0.1, 0.15) is 10.6 Å². The molecule has 23 heavy (non-hydrogen) atoms. The molecule has 5 nitrogen and oxygen atoms in total. The number of amides is 2. The number of nitrogens with two attached hydrogens (primary N) is 1. The number of thioether (sulfide) groups is 1. The zero-order chi connectivity index (χ0) is 16.2. The molecule has 0 radical (unpaired) electrons. The van der Waals surface area contributed by atoms with Crippen LogP contribution in [0.25, 0.3) is 11.0 Å². The second-order valence-electron chi connectivity index (χ2n) is 4.85. The number of carbonyl (C=O) groups excluding carboxylic acids is 2. The lowest BCUT2D eigenvalue weighted by atomic mass is 10.2. The summed E-state index contributed by atoms with van der Waals surface area (Å²) in [6.45, 7) is 0. The van der Waals surface area contributed by atoms with Crippen LogP contribution in [0, 0.1) is 0 Å².